The van der Waals surface area contributed by atoms with Crippen LogP contribution in [0.4, 0.5) is 0 Å². The maximum atomic E-state index is 4.82. The molecule has 3 rings (SSSR count). The highest BCUT2D eigenvalue weighted by molar-refractivity contribution is 5.81. The fraction of sp³-hybridized carbons (Fsp3) is 0.229. The molecule has 0 radical (unpaired) electrons. The first-order valence-corrected chi connectivity index (χ1v) is 12.6. The molecule has 1 unspecified atom stereocenters. The van der Waals surface area contributed by atoms with E-state index in [0.29, 0.717) is 0 Å². The highest BCUT2D eigenvalue weighted by Crippen LogP contribution is 2.33. The van der Waals surface area contributed by atoms with Gasteiger partial charge in [-0.05, 0) is 72.2 Å². The molecule has 0 bridgehead atoms. The van der Waals surface area contributed by atoms with E-state index in [2.05, 4.69) is 140 Å². The summed E-state index contributed by atoms with van der Waals surface area (Å²) in [5.41, 5.74) is 9.32. The largest absolute Gasteiger partial charge is 0.248 e. The van der Waals surface area contributed by atoms with Crippen molar-refractivity contribution in [2.45, 2.75) is 47.5 Å². The van der Waals surface area contributed by atoms with Crippen LogP contribution in [-0.4, -0.2) is 4.98 Å². The number of aromatic nitrogens is 1. The van der Waals surface area contributed by atoms with Gasteiger partial charge in [-0.25, -0.2) is 4.98 Å². The minimum Gasteiger partial charge on any atom is -0.248 e. The number of hydrogen-bond donors (Lipinski definition) is 0. The molecule has 36 heavy (non-hydrogen) atoms. The average molecular weight is 474 g/mol. The van der Waals surface area contributed by atoms with Crippen LogP contribution < -0.4 is 0 Å². The third kappa shape index (κ3) is 6.92. The molecule has 2 aromatic carbocycles. The van der Waals surface area contributed by atoms with Crippen LogP contribution >= 0.6 is 0 Å². The molecule has 0 saturated heterocycles. The molecule has 184 valence electrons. The van der Waals surface area contributed by atoms with Gasteiger partial charge in [-0.15, -0.1) is 6.58 Å². The molecule has 1 aromatic heterocycles. The first kappa shape index (κ1) is 26.9. The summed E-state index contributed by atoms with van der Waals surface area (Å²) in [5.74, 6) is 0.110. The second-order valence-corrected chi connectivity index (χ2v) is 10.4. The van der Waals surface area contributed by atoms with Gasteiger partial charge in [0.1, 0.15) is 0 Å². The molecule has 0 N–H and O–H groups in total. The van der Waals surface area contributed by atoms with Gasteiger partial charge >= 0.3 is 0 Å². The molecule has 1 heteroatoms. The van der Waals surface area contributed by atoms with E-state index in [1.54, 1.807) is 0 Å². The van der Waals surface area contributed by atoms with Crippen molar-refractivity contribution in [2.75, 3.05) is 0 Å². The van der Waals surface area contributed by atoms with Crippen LogP contribution in [0.25, 0.3) is 23.1 Å². The maximum Gasteiger partial charge on any atom is 0.0711 e. The lowest BCUT2D eigenvalue weighted by atomic mass is 9.81. The fourth-order valence-corrected chi connectivity index (χ4v) is 4.42. The number of fused-ring (bicyclic) bond motifs is 1. The van der Waals surface area contributed by atoms with Crippen LogP contribution in [0.15, 0.2) is 109 Å². The van der Waals surface area contributed by atoms with Crippen molar-refractivity contribution in [1.82, 2.24) is 4.98 Å². The summed E-state index contributed by atoms with van der Waals surface area (Å²) in [5, 5.41) is 1.16. The maximum absolute atomic E-state index is 4.82. The highest BCUT2D eigenvalue weighted by Gasteiger charge is 2.18. The van der Waals surface area contributed by atoms with Crippen LogP contribution in [-0.2, 0) is 0 Å². The van der Waals surface area contributed by atoms with E-state index in [-0.39, 0.29) is 11.3 Å². The number of benzene rings is 2. The van der Waals surface area contributed by atoms with Crippen molar-refractivity contribution < 1.29 is 0 Å². The molecular weight excluding hydrogens is 434 g/mol. The molecular formula is C35H39N. The summed E-state index contributed by atoms with van der Waals surface area (Å²) in [4.78, 5) is 4.82. The number of allylic oxidation sites excluding steroid dienone is 8. The molecule has 0 aliphatic carbocycles. The number of nitrogens with zero attached hydrogens (tertiary/aromatic N) is 1. The Morgan fingerprint density at radius 1 is 0.917 bits per heavy atom. The first-order chi connectivity index (χ1) is 17.1. The zero-order valence-electron chi connectivity index (χ0n) is 22.7. The second-order valence-electron chi connectivity index (χ2n) is 10.4. The fourth-order valence-electron chi connectivity index (χ4n) is 4.42. The Balaban J connectivity index is 1.89. The average Bonchev–Trinajstić information content (AvgIpc) is 2.83. The van der Waals surface area contributed by atoms with Crippen LogP contribution in [0.5, 0.6) is 0 Å². The van der Waals surface area contributed by atoms with Crippen molar-refractivity contribution in [2.24, 2.45) is 5.41 Å². The van der Waals surface area contributed by atoms with Gasteiger partial charge in [0.2, 0.25) is 0 Å². The minimum absolute atomic E-state index is 0.0286. The highest BCUT2D eigenvalue weighted by atomic mass is 14.7. The van der Waals surface area contributed by atoms with Crippen LogP contribution in [0.2, 0.25) is 0 Å². The Hall–Kier alpha value is -3.71. The molecule has 1 atom stereocenters. The standard InChI is InChI=1S/C35H39N/c1-9-12-33(35(6,7)8)29(11-3)17-16-28(10-2)31-22-26(5)21-27(24-31)14-19-32-20-18-30-15-13-25(4)23-34(30)36-32/h9-24,28H,1-2H2,3-8H3/b17-16+,19-14+,29-11-,33-12+. The molecule has 0 saturated carbocycles. The molecule has 0 spiro atoms. The summed E-state index contributed by atoms with van der Waals surface area (Å²) < 4.78 is 0. The summed E-state index contributed by atoms with van der Waals surface area (Å²) in [6.45, 7) is 21.1. The molecule has 0 aliphatic heterocycles. The molecule has 1 nitrogen and oxygen atoms in total. The van der Waals surface area contributed by atoms with Gasteiger partial charge in [-0.1, -0.05) is 112 Å². The number of pyridine rings is 1. The lowest BCUT2D eigenvalue weighted by Crippen LogP contribution is -2.11. The van der Waals surface area contributed by atoms with Crippen LogP contribution in [0.1, 0.15) is 61.6 Å². The van der Waals surface area contributed by atoms with E-state index >= 15 is 0 Å². The van der Waals surface area contributed by atoms with Gasteiger partial charge in [-0.2, -0.15) is 0 Å². The van der Waals surface area contributed by atoms with E-state index in [0.717, 1.165) is 22.2 Å². The Bertz CT molecular complexity index is 1370. The normalized spacial score (nSPS) is 14.1. The van der Waals surface area contributed by atoms with E-state index in [9.17, 15) is 0 Å². The topological polar surface area (TPSA) is 12.9 Å². The van der Waals surface area contributed by atoms with Gasteiger partial charge in [0.15, 0.2) is 0 Å². The zero-order valence-corrected chi connectivity index (χ0v) is 22.7. The number of hydrogen-bond acceptors (Lipinski definition) is 1. The summed E-state index contributed by atoms with van der Waals surface area (Å²) in [7, 11) is 0. The van der Waals surface area contributed by atoms with Crippen molar-refractivity contribution in [3.63, 3.8) is 0 Å². The minimum atomic E-state index is 0.0286. The summed E-state index contributed by atoms with van der Waals surface area (Å²) in [6, 6.07) is 17.3. The summed E-state index contributed by atoms with van der Waals surface area (Å²) in [6.07, 6.45) is 16.8. The van der Waals surface area contributed by atoms with E-state index in [1.807, 2.05) is 12.2 Å². The Labute approximate surface area is 218 Å². The predicted octanol–water partition coefficient (Wildman–Crippen LogP) is 9.95. The molecule has 0 aliphatic rings. The SMILES string of the molecule is C=C\C=C(C(=C\C)/C=C/C(C=C)c1cc(C)cc(/C=C/c2ccc3ccc(C)cc3n2)c1)\C(C)(C)C. The Morgan fingerprint density at radius 3 is 2.33 bits per heavy atom. The quantitative estimate of drug-likeness (QED) is 0.234. The smallest absolute Gasteiger partial charge is 0.0711 e. The van der Waals surface area contributed by atoms with Gasteiger partial charge in [0.25, 0.3) is 0 Å². The third-order valence-electron chi connectivity index (χ3n) is 6.27. The monoisotopic (exact) mass is 473 g/mol. The molecule has 1 heterocycles. The van der Waals surface area contributed by atoms with Crippen molar-refractivity contribution >= 4 is 23.1 Å². The lowest BCUT2D eigenvalue weighted by molar-refractivity contribution is 0.512. The number of rotatable bonds is 8. The molecule has 0 amide bonds. The van der Waals surface area contributed by atoms with Gasteiger partial charge in [-0.3, -0.25) is 0 Å². The van der Waals surface area contributed by atoms with Crippen molar-refractivity contribution in [3.05, 3.63) is 137 Å². The first-order valence-electron chi connectivity index (χ1n) is 12.6. The Morgan fingerprint density at radius 2 is 1.67 bits per heavy atom. The lowest BCUT2D eigenvalue weighted by Gasteiger charge is -2.24. The zero-order chi connectivity index (χ0) is 26.3. The van der Waals surface area contributed by atoms with E-state index in [4.69, 9.17) is 4.98 Å². The molecule has 0 fully saturated rings. The van der Waals surface area contributed by atoms with Gasteiger partial charge in [0.05, 0.1) is 11.2 Å². The van der Waals surface area contributed by atoms with Crippen molar-refractivity contribution in [3.8, 4) is 0 Å². The van der Waals surface area contributed by atoms with Crippen molar-refractivity contribution in [1.29, 1.82) is 0 Å². The van der Waals surface area contributed by atoms with Gasteiger partial charge < -0.3 is 0 Å². The Kier molecular flexibility index (Phi) is 8.83. The van der Waals surface area contributed by atoms with Crippen LogP contribution in [0.3, 0.4) is 0 Å². The van der Waals surface area contributed by atoms with Crippen LogP contribution in [0, 0.1) is 19.3 Å². The van der Waals surface area contributed by atoms with E-state index < -0.39 is 0 Å². The van der Waals surface area contributed by atoms with Gasteiger partial charge in [0, 0.05) is 11.3 Å². The summed E-state index contributed by atoms with van der Waals surface area (Å²) >= 11 is 0. The predicted molar refractivity (Wildman–Crippen MR) is 160 cm³/mol. The second kappa shape index (κ2) is 11.8. The van der Waals surface area contributed by atoms with E-state index in [1.165, 1.54) is 27.8 Å². The number of aryl methyl sites for hydroxylation is 2. The molecule has 3 aromatic rings. The third-order valence-corrected chi connectivity index (χ3v) is 6.27.